The number of nitrogens with one attached hydrogen (secondary N) is 1. The van der Waals surface area contributed by atoms with E-state index >= 15 is 0 Å². The van der Waals surface area contributed by atoms with Gasteiger partial charge in [-0.25, -0.2) is 4.98 Å². The van der Waals surface area contributed by atoms with Crippen LogP contribution in [0.15, 0.2) is 36.5 Å². The van der Waals surface area contributed by atoms with Crippen LogP contribution in [-0.4, -0.2) is 44.1 Å². The number of carbonyl (C=O) groups is 2. The minimum atomic E-state index is -0.650. The molecule has 2 aromatic heterocycles. The molecule has 0 aliphatic heterocycles. The summed E-state index contributed by atoms with van der Waals surface area (Å²) in [7, 11) is 0. The predicted octanol–water partition coefficient (Wildman–Crippen LogP) is 4.28. The average molecular weight is 535 g/mol. The molecule has 0 bridgehead atoms. The van der Waals surface area contributed by atoms with Gasteiger partial charge in [0, 0.05) is 19.2 Å². The monoisotopic (exact) mass is 534 g/mol. The van der Waals surface area contributed by atoms with E-state index in [1.807, 2.05) is 84.0 Å². The third-order valence-corrected chi connectivity index (χ3v) is 5.37. The second kappa shape index (κ2) is 12.2. The van der Waals surface area contributed by atoms with Crippen molar-refractivity contribution in [1.82, 2.24) is 20.3 Å². The standard InChI is InChI=1S/C29H38N6O4/c1-28(2,3)38-23(36)14-13-22(26(37)39-29(4,5)6)32-16-19-10-7-18(8-11-19)9-12-20-15-21-24(30)34-27(31)35-25(21)33-17-20/h7-12,15,17,22,32H,13-14,16H2,1-6H3,(H4,30,31,33,34,35)/t22-/m1/s1. The molecular weight excluding hydrogens is 496 g/mol. The third kappa shape index (κ3) is 9.64. The van der Waals surface area contributed by atoms with Crippen molar-refractivity contribution in [3.8, 4) is 0 Å². The number of nitrogens with two attached hydrogens (primary N) is 2. The summed E-state index contributed by atoms with van der Waals surface area (Å²) in [4.78, 5) is 37.4. The summed E-state index contributed by atoms with van der Waals surface area (Å²) < 4.78 is 10.9. The highest BCUT2D eigenvalue weighted by atomic mass is 16.6. The predicted molar refractivity (Wildman–Crippen MR) is 153 cm³/mol. The lowest BCUT2D eigenvalue weighted by Crippen LogP contribution is -2.41. The number of aromatic nitrogens is 3. The first-order valence-corrected chi connectivity index (χ1v) is 12.8. The lowest BCUT2D eigenvalue weighted by atomic mass is 10.1. The molecule has 39 heavy (non-hydrogen) atoms. The number of hydrogen-bond acceptors (Lipinski definition) is 10. The molecule has 0 radical (unpaired) electrons. The Labute approximate surface area is 229 Å². The van der Waals surface area contributed by atoms with E-state index in [0.29, 0.717) is 17.6 Å². The number of fused-ring (bicyclic) bond motifs is 1. The van der Waals surface area contributed by atoms with Crippen molar-refractivity contribution in [3.05, 3.63) is 53.2 Å². The van der Waals surface area contributed by atoms with Crippen molar-refractivity contribution >= 4 is 46.9 Å². The highest BCUT2D eigenvalue weighted by Gasteiger charge is 2.26. The van der Waals surface area contributed by atoms with E-state index in [0.717, 1.165) is 16.7 Å². The van der Waals surface area contributed by atoms with Crippen LogP contribution in [0.25, 0.3) is 23.2 Å². The van der Waals surface area contributed by atoms with E-state index < -0.39 is 23.2 Å². The molecule has 3 rings (SSSR count). The van der Waals surface area contributed by atoms with Gasteiger partial charge in [-0.1, -0.05) is 36.4 Å². The van der Waals surface area contributed by atoms with Gasteiger partial charge in [-0.2, -0.15) is 9.97 Å². The van der Waals surface area contributed by atoms with E-state index in [4.69, 9.17) is 20.9 Å². The normalized spacial score (nSPS) is 13.0. The van der Waals surface area contributed by atoms with Crippen LogP contribution in [0.1, 0.15) is 71.1 Å². The highest BCUT2D eigenvalue weighted by molar-refractivity contribution is 5.88. The molecule has 0 aliphatic rings. The van der Waals surface area contributed by atoms with Crippen molar-refractivity contribution in [3.63, 3.8) is 0 Å². The minimum absolute atomic E-state index is 0.0887. The summed E-state index contributed by atoms with van der Waals surface area (Å²) in [5.41, 5.74) is 13.6. The number of anilines is 2. The fraction of sp³-hybridized carbons (Fsp3) is 0.414. The molecule has 10 heteroatoms. The first-order chi connectivity index (χ1) is 18.2. The number of esters is 2. The minimum Gasteiger partial charge on any atom is -0.460 e. The van der Waals surface area contributed by atoms with Crippen molar-refractivity contribution < 1.29 is 19.1 Å². The van der Waals surface area contributed by atoms with Gasteiger partial charge >= 0.3 is 11.9 Å². The van der Waals surface area contributed by atoms with Crippen LogP contribution in [-0.2, 0) is 25.6 Å². The number of pyridine rings is 1. The zero-order chi connectivity index (χ0) is 28.8. The number of ether oxygens (including phenoxy) is 2. The second-order valence-corrected chi connectivity index (χ2v) is 11.3. The number of benzene rings is 1. The number of carbonyl (C=O) groups excluding carboxylic acids is 2. The van der Waals surface area contributed by atoms with Gasteiger partial charge in [-0.3, -0.25) is 9.59 Å². The van der Waals surface area contributed by atoms with Gasteiger partial charge in [0.25, 0.3) is 0 Å². The lowest BCUT2D eigenvalue weighted by Gasteiger charge is -2.25. The average Bonchev–Trinajstić information content (AvgIpc) is 2.81. The second-order valence-electron chi connectivity index (χ2n) is 11.3. The fourth-order valence-electron chi connectivity index (χ4n) is 3.67. The molecule has 5 N–H and O–H groups in total. The molecule has 0 spiro atoms. The fourth-order valence-corrected chi connectivity index (χ4v) is 3.67. The Kier molecular flexibility index (Phi) is 9.24. The molecular formula is C29H38N6O4. The molecule has 1 atom stereocenters. The summed E-state index contributed by atoms with van der Waals surface area (Å²) in [5, 5.41) is 3.88. The largest absolute Gasteiger partial charge is 0.460 e. The molecule has 0 saturated carbocycles. The zero-order valence-electron chi connectivity index (χ0n) is 23.4. The number of nitrogens with zero attached hydrogens (tertiary/aromatic N) is 3. The van der Waals surface area contributed by atoms with E-state index in [2.05, 4.69) is 20.3 Å². The maximum atomic E-state index is 12.8. The first-order valence-electron chi connectivity index (χ1n) is 12.8. The molecule has 0 aliphatic carbocycles. The first kappa shape index (κ1) is 29.5. The summed E-state index contributed by atoms with van der Waals surface area (Å²) in [6.45, 7) is 11.3. The summed E-state index contributed by atoms with van der Waals surface area (Å²) >= 11 is 0. The van der Waals surface area contributed by atoms with E-state index in [9.17, 15) is 9.59 Å². The Morgan fingerprint density at radius 1 is 0.949 bits per heavy atom. The Morgan fingerprint density at radius 2 is 1.59 bits per heavy atom. The summed E-state index contributed by atoms with van der Waals surface area (Å²) in [6.07, 6.45) is 5.94. The van der Waals surface area contributed by atoms with E-state index in [1.54, 1.807) is 6.20 Å². The van der Waals surface area contributed by atoms with Gasteiger partial charge in [-0.15, -0.1) is 0 Å². The van der Waals surface area contributed by atoms with Gasteiger partial charge in [-0.05, 0) is 70.7 Å². The molecule has 2 heterocycles. The van der Waals surface area contributed by atoms with Crippen LogP contribution in [0.4, 0.5) is 11.8 Å². The maximum Gasteiger partial charge on any atom is 0.323 e. The summed E-state index contributed by atoms with van der Waals surface area (Å²) in [5.74, 6) is -0.378. The van der Waals surface area contributed by atoms with Crippen molar-refractivity contribution in [2.24, 2.45) is 0 Å². The van der Waals surface area contributed by atoms with Gasteiger partial charge in [0.05, 0.1) is 5.39 Å². The Balaban J connectivity index is 1.63. The number of nitrogen functional groups attached to an aromatic ring is 2. The van der Waals surface area contributed by atoms with Gasteiger partial charge in [0.2, 0.25) is 5.95 Å². The quantitative estimate of drug-likeness (QED) is 0.339. The topological polar surface area (TPSA) is 155 Å². The Hall–Kier alpha value is -4.05. The molecule has 1 aromatic carbocycles. The van der Waals surface area contributed by atoms with Crippen LogP contribution in [0.5, 0.6) is 0 Å². The van der Waals surface area contributed by atoms with Crippen LogP contribution in [0.3, 0.4) is 0 Å². The zero-order valence-corrected chi connectivity index (χ0v) is 23.4. The Bertz CT molecular complexity index is 1340. The lowest BCUT2D eigenvalue weighted by molar-refractivity contribution is -0.158. The van der Waals surface area contributed by atoms with Crippen molar-refractivity contribution in [2.75, 3.05) is 11.5 Å². The van der Waals surface area contributed by atoms with Crippen LogP contribution >= 0.6 is 0 Å². The maximum absolute atomic E-state index is 12.8. The van der Waals surface area contributed by atoms with Crippen molar-refractivity contribution in [2.45, 2.75) is 78.2 Å². The summed E-state index contributed by atoms with van der Waals surface area (Å²) in [6, 6.07) is 9.11. The molecule has 0 unspecified atom stereocenters. The molecule has 10 nitrogen and oxygen atoms in total. The van der Waals surface area contributed by atoms with Gasteiger partial charge in [0.15, 0.2) is 5.65 Å². The number of hydrogen-bond donors (Lipinski definition) is 3. The molecule has 0 fully saturated rings. The third-order valence-electron chi connectivity index (χ3n) is 5.37. The smallest absolute Gasteiger partial charge is 0.323 e. The Morgan fingerprint density at radius 3 is 2.23 bits per heavy atom. The number of rotatable bonds is 9. The van der Waals surface area contributed by atoms with Crippen molar-refractivity contribution in [1.29, 1.82) is 0 Å². The molecule has 0 saturated heterocycles. The van der Waals surface area contributed by atoms with E-state index in [1.165, 1.54) is 0 Å². The van der Waals surface area contributed by atoms with Crippen LogP contribution < -0.4 is 16.8 Å². The van der Waals surface area contributed by atoms with Crippen LogP contribution in [0, 0.1) is 0 Å². The molecule has 3 aromatic rings. The SMILES string of the molecule is CC(C)(C)OC(=O)CC[C@@H](NCc1ccc(C=Cc2cnc3nc(N)nc(N)c3c2)cc1)C(=O)OC(C)(C)C. The highest BCUT2D eigenvalue weighted by Crippen LogP contribution is 2.20. The molecule has 0 amide bonds. The van der Waals surface area contributed by atoms with Gasteiger partial charge < -0.3 is 26.3 Å². The van der Waals surface area contributed by atoms with Crippen LogP contribution in [0.2, 0.25) is 0 Å². The van der Waals surface area contributed by atoms with E-state index in [-0.39, 0.29) is 30.6 Å². The molecule has 208 valence electrons. The van der Waals surface area contributed by atoms with Gasteiger partial charge in [0.1, 0.15) is 23.1 Å².